The first kappa shape index (κ1) is 29.9. The lowest BCUT2D eigenvalue weighted by molar-refractivity contribution is -0.126. The average Bonchev–Trinajstić information content (AvgIpc) is 3.93. The zero-order valence-corrected chi connectivity index (χ0v) is 25.8. The standard InChI is InChI=1S/C33H32ClFN8O3/c1-2-27(44)41-12-14-42(15-13-41)31-22-8-10-38-32(46-30-23(17-36)25(37)16-24(35)28(30)34)29(22)39-33(40-31)45-26-5-3-4-19-18-43(20-6-7-20)11-9-21(19)26/h2-5,8,10,16-17,20,36H,1,6-7,9,11-15,18,37H2. The number of hydrogen-bond donors (Lipinski definition) is 2. The third-order valence-electron chi connectivity index (χ3n) is 8.71. The van der Waals surface area contributed by atoms with Crippen LogP contribution in [-0.2, 0) is 17.8 Å². The lowest BCUT2D eigenvalue weighted by Crippen LogP contribution is -2.48. The van der Waals surface area contributed by atoms with Gasteiger partial charge < -0.3 is 30.4 Å². The molecule has 4 aromatic rings. The molecule has 13 heteroatoms. The Bertz CT molecular complexity index is 1880. The Labute approximate surface area is 269 Å². The van der Waals surface area contributed by atoms with Gasteiger partial charge in [0.1, 0.15) is 27.9 Å². The zero-order valence-electron chi connectivity index (χ0n) is 25.0. The Kier molecular flexibility index (Phi) is 7.91. The molecule has 0 atom stereocenters. The fourth-order valence-electron chi connectivity index (χ4n) is 6.15. The van der Waals surface area contributed by atoms with Gasteiger partial charge in [0.05, 0.1) is 10.9 Å². The first-order valence-electron chi connectivity index (χ1n) is 15.2. The van der Waals surface area contributed by atoms with E-state index in [1.165, 1.54) is 30.7 Å². The van der Waals surface area contributed by atoms with Crippen LogP contribution in [-0.4, -0.2) is 75.6 Å². The van der Waals surface area contributed by atoms with E-state index in [9.17, 15) is 9.18 Å². The number of fused-ring (bicyclic) bond motifs is 2. The Morgan fingerprint density at radius 2 is 1.93 bits per heavy atom. The second-order valence-corrected chi connectivity index (χ2v) is 11.9. The number of nitrogens with zero attached hydrogens (tertiary/aromatic N) is 6. The summed E-state index contributed by atoms with van der Waals surface area (Å²) in [4.78, 5) is 32.6. The van der Waals surface area contributed by atoms with Crippen molar-refractivity contribution in [3.63, 3.8) is 0 Å². The summed E-state index contributed by atoms with van der Waals surface area (Å²) in [6, 6.07) is 9.60. The molecule has 0 radical (unpaired) electrons. The number of aromatic nitrogens is 3. The third-order valence-corrected chi connectivity index (χ3v) is 9.07. The first-order chi connectivity index (χ1) is 22.3. The van der Waals surface area contributed by atoms with E-state index in [0.717, 1.165) is 37.4 Å². The van der Waals surface area contributed by atoms with Gasteiger partial charge >= 0.3 is 6.01 Å². The number of piperazine rings is 1. The predicted octanol–water partition coefficient (Wildman–Crippen LogP) is 5.34. The van der Waals surface area contributed by atoms with Crippen LogP contribution in [0.1, 0.15) is 29.5 Å². The summed E-state index contributed by atoms with van der Waals surface area (Å²) in [5, 5.41) is 8.12. The number of amides is 1. The zero-order chi connectivity index (χ0) is 31.9. The number of hydrogen-bond acceptors (Lipinski definition) is 10. The molecule has 0 unspecified atom stereocenters. The molecule has 0 spiro atoms. The molecule has 11 nitrogen and oxygen atoms in total. The van der Waals surface area contributed by atoms with E-state index in [1.54, 1.807) is 11.0 Å². The number of benzene rings is 2. The largest absolute Gasteiger partial charge is 0.434 e. The van der Waals surface area contributed by atoms with E-state index in [-0.39, 0.29) is 39.8 Å². The quantitative estimate of drug-likeness (QED) is 0.148. The van der Waals surface area contributed by atoms with Crippen LogP contribution in [0.3, 0.4) is 0 Å². The Hall–Kier alpha value is -4.81. The molecule has 4 heterocycles. The number of nitrogen functional groups attached to an aromatic ring is 1. The molecule has 3 N–H and O–H groups in total. The summed E-state index contributed by atoms with van der Waals surface area (Å²) in [5.41, 5.74) is 8.74. The molecule has 236 valence electrons. The lowest BCUT2D eigenvalue weighted by atomic mass is 9.98. The highest BCUT2D eigenvalue weighted by molar-refractivity contribution is 6.33. The van der Waals surface area contributed by atoms with E-state index < -0.39 is 5.82 Å². The third kappa shape index (κ3) is 5.58. The van der Waals surface area contributed by atoms with Crippen LogP contribution in [0.5, 0.6) is 23.4 Å². The average molecular weight is 643 g/mol. The van der Waals surface area contributed by atoms with Gasteiger partial charge in [-0.3, -0.25) is 9.69 Å². The summed E-state index contributed by atoms with van der Waals surface area (Å²) >= 11 is 6.30. The van der Waals surface area contributed by atoms with E-state index in [1.807, 2.05) is 12.1 Å². The van der Waals surface area contributed by atoms with Crippen LogP contribution in [0.2, 0.25) is 5.02 Å². The second kappa shape index (κ2) is 12.2. The Balaban J connectivity index is 1.31. The fraction of sp³-hybridized carbons (Fsp3) is 0.303. The Morgan fingerprint density at radius 3 is 2.67 bits per heavy atom. The number of halogens is 2. The van der Waals surface area contributed by atoms with Crippen LogP contribution < -0.4 is 20.1 Å². The summed E-state index contributed by atoms with van der Waals surface area (Å²) in [5.74, 6) is 0.194. The molecule has 1 saturated heterocycles. The summed E-state index contributed by atoms with van der Waals surface area (Å²) < 4.78 is 27.2. The van der Waals surface area contributed by atoms with Crippen molar-refractivity contribution in [3.8, 4) is 23.4 Å². The van der Waals surface area contributed by atoms with Crippen molar-refractivity contribution >= 4 is 46.1 Å². The number of pyridine rings is 1. The van der Waals surface area contributed by atoms with Gasteiger partial charge in [-0.05, 0) is 49.1 Å². The summed E-state index contributed by atoms with van der Waals surface area (Å²) in [6.07, 6.45) is 7.15. The van der Waals surface area contributed by atoms with E-state index in [2.05, 4.69) is 27.4 Å². The maximum atomic E-state index is 14.6. The van der Waals surface area contributed by atoms with Crippen LogP contribution in [0.4, 0.5) is 15.9 Å². The Morgan fingerprint density at radius 1 is 1.13 bits per heavy atom. The molecule has 1 aliphatic carbocycles. The van der Waals surface area contributed by atoms with Crippen molar-refractivity contribution in [1.29, 1.82) is 5.41 Å². The van der Waals surface area contributed by atoms with Gasteiger partial charge in [-0.25, -0.2) is 9.37 Å². The number of nitrogens with one attached hydrogen (secondary N) is 1. The number of carbonyl (C=O) groups excluding carboxylic acids is 1. The molecule has 3 aliphatic rings. The minimum atomic E-state index is -0.791. The van der Waals surface area contributed by atoms with Gasteiger partial charge in [0.25, 0.3) is 0 Å². The number of anilines is 2. The first-order valence-corrected chi connectivity index (χ1v) is 15.5. The smallest absolute Gasteiger partial charge is 0.324 e. The van der Waals surface area contributed by atoms with Gasteiger partial charge in [-0.1, -0.05) is 30.3 Å². The molecule has 2 aliphatic heterocycles. The van der Waals surface area contributed by atoms with Gasteiger partial charge in [0.15, 0.2) is 5.75 Å². The molecule has 2 fully saturated rings. The lowest BCUT2D eigenvalue weighted by Gasteiger charge is -2.35. The predicted molar refractivity (Wildman–Crippen MR) is 174 cm³/mol. The highest BCUT2D eigenvalue weighted by atomic mass is 35.5. The van der Waals surface area contributed by atoms with Gasteiger partial charge in [0, 0.05) is 69.0 Å². The fourth-order valence-corrected chi connectivity index (χ4v) is 6.34. The maximum Gasteiger partial charge on any atom is 0.324 e. The monoisotopic (exact) mass is 642 g/mol. The summed E-state index contributed by atoms with van der Waals surface area (Å²) in [7, 11) is 0. The number of carbonyl (C=O) groups is 1. The van der Waals surface area contributed by atoms with E-state index in [4.69, 9.17) is 42.2 Å². The van der Waals surface area contributed by atoms with Crippen LogP contribution in [0, 0.1) is 11.2 Å². The number of ether oxygens (including phenoxy) is 2. The maximum absolute atomic E-state index is 14.6. The molecule has 46 heavy (non-hydrogen) atoms. The van der Waals surface area contributed by atoms with Crippen molar-refractivity contribution in [2.24, 2.45) is 0 Å². The molecule has 1 saturated carbocycles. The van der Waals surface area contributed by atoms with Gasteiger partial charge in [-0.2, -0.15) is 9.97 Å². The van der Waals surface area contributed by atoms with Crippen LogP contribution in [0.25, 0.3) is 10.9 Å². The molecular formula is C33H32ClFN8O3. The topological polar surface area (TPSA) is 134 Å². The second-order valence-electron chi connectivity index (χ2n) is 11.6. The van der Waals surface area contributed by atoms with Gasteiger partial charge in [0.2, 0.25) is 11.8 Å². The van der Waals surface area contributed by atoms with Gasteiger partial charge in [-0.15, -0.1) is 0 Å². The van der Waals surface area contributed by atoms with E-state index in [0.29, 0.717) is 54.7 Å². The summed E-state index contributed by atoms with van der Waals surface area (Å²) in [6.45, 7) is 7.41. The number of nitrogens with two attached hydrogens (primary N) is 1. The van der Waals surface area contributed by atoms with Crippen molar-refractivity contribution in [1.82, 2.24) is 24.8 Å². The molecule has 7 rings (SSSR count). The molecular weight excluding hydrogens is 611 g/mol. The highest BCUT2D eigenvalue weighted by Crippen LogP contribution is 2.41. The van der Waals surface area contributed by atoms with Crippen molar-refractivity contribution < 1.29 is 18.7 Å². The van der Waals surface area contributed by atoms with Crippen molar-refractivity contribution in [2.75, 3.05) is 43.4 Å². The van der Waals surface area contributed by atoms with E-state index >= 15 is 0 Å². The van der Waals surface area contributed by atoms with Crippen molar-refractivity contribution in [2.45, 2.75) is 31.8 Å². The normalized spacial score (nSPS) is 16.7. The molecule has 2 aromatic carbocycles. The van der Waals surface area contributed by atoms with Crippen molar-refractivity contribution in [3.05, 3.63) is 76.7 Å². The highest BCUT2D eigenvalue weighted by Gasteiger charge is 2.32. The van der Waals surface area contributed by atoms with Crippen LogP contribution in [0.15, 0.2) is 49.2 Å². The minimum Gasteiger partial charge on any atom is -0.434 e. The number of rotatable bonds is 8. The molecule has 1 amide bonds. The SMILES string of the molecule is C=CC(=O)N1CCN(c2nc(Oc3cccc4c3CCN(C3CC3)C4)nc3c(Oc4c(Cl)c(F)cc(N)c4C=N)nccc23)CC1. The molecule has 2 aromatic heterocycles. The minimum absolute atomic E-state index is 0.00693. The van der Waals surface area contributed by atoms with Crippen LogP contribution >= 0.6 is 11.6 Å². The molecule has 0 bridgehead atoms.